The maximum atomic E-state index is 2.54. The highest BCUT2D eigenvalue weighted by Gasteiger charge is 2.54. The van der Waals surface area contributed by atoms with Gasteiger partial charge in [-0.2, -0.15) is 0 Å². The Morgan fingerprint density at radius 2 is 1.39 bits per heavy atom. The average Bonchev–Trinajstić information content (AvgIpc) is 2.53. The molecule has 2 fully saturated rings. The third-order valence-electron chi connectivity index (χ3n) is 5.52. The molecule has 2 rings (SSSR count). The molecule has 0 radical (unpaired) electrons. The van der Waals surface area contributed by atoms with Crippen LogP contribution >= 0.6 is 0 Å². The third-order valence-corrected chi connectivity index (χ3v) is 5.52. The third kappa shape index (κ3) is 2.61. The highest BCUT2D eigenvalue weighted by molar-refractivity contribution is 5.04. The van der Waals surface area contributed by atoms with Crippen molar-refractivity contribution in [2.75, 3.05) is 20.1 Å². The van der Waals surface area contributed by atoms with Crippen LogP contribution in [-0.2, 0) is 0 Å². The average molecular weight is 251 g/mol. The lowest BCUT2D eigenvalue weighted by atomic mass is 9.58. The van der Waals surface area contributed by atoms with Gasteiger partial charge in [0.05, 0.1) is 0 Å². The second kappa shape index (κ2) is 4.23. The number of rotatable bonds is 1. The van der Waals surface area contributed by atoms with Crippen LogP contribution in [0.15, 0.2) is 0 Å². The van der Waals surface area contributed by atoms with Crippen LogP contribution in [0, 0.1) is 28.1 Å². The molecule has 2 atom stereocenters. The topological polar surface area (TPSA) is 3.24 Å². The van der Waals surface area contributed by atoms with Crippen molar-refractivity contribution >= 4 is 0 Å². The smallest absolute Gasteiger partial charge is 0.00101 e. The summed E-state index contributed by atoms with van der Waals surface area (Å²) in [6.45, 7) is 17.4. The van der Waals surface area contributed by atoms with E-state index in [0.717, 1.165) is 11.8 Å². The molecular formula is C17H33N. The molecule has 0 amide bonds. The van der Waals surface area contributed by atoms with Crippen molar-refractivity contribution < 1.29 is 0 Å². The molecule has 2 aliphatic rings. The second-order valence-corrected chi connectivity index (χ2v) is 9.42. The van der Waals surface area contributed by atoms with Gasteiger partial charge in [-0.05, 0) is 54.4 Å². The molecule has 1 heteroatoms. The van der Waals surface area contributed by atoms with E-state index in [1.807, 2.05) is 0 Å². The Kier molecular flexibility index (Phi) is 3.38. The van der Waals surface area contributed by atoms with Crippen LogP contribution in [-0.4, -0.2) is 25.0 Å². The number of nitrogens with zero attached hydrogens (tertiary/aromatic N) is 1. The first-order valence-corrected chi connectivity index (χ1v) is 7.71. The van der Waals surface area contributed by atoms with Crippen molar-refractivity contribution in [3.8, 4) is 0 Å². The Labute approximate surface area is 114 Å². The highest BCUT2D eigenvalue weighted by atomic mass is 15.1. The molecule has 0 spiro atoms. The summed E-state index contributed by atoms with van der Waals surface area (Å²) in [5.74, 6) is 1.94. The van der Waals surface area contributed by atoms with Gasteiger partial charge in [0.2, 0.25) is 0 Å². The van der Waals surface area contributed by atoms with Crippen LogP contribution in [0.4, 0.5) is 0 Å². The fourth-order valence-electron chi connectivity index (χ4n) is 4.76. The Hall–Kier alpha value is -0.0400. The highest BCUT2D eigenvalue weighted by Crippen LogP contribution is 2.61. The van der Waals surface area contributed by atoms with Gasteiger partial charge in [-0.15, -0.1) is 0 Å². The summed E-state index contributed by atoms with van der Waals surface area (Å²) in [5, 5.41) is 0. The molecule has 0 N–H and O–H groups in total. The van der Waals surface area contributed by atoms with Gasteiger partial charge in [-0.1, -0.05) is 41.5 Å². The van der Waals surface area contributed by atoms with E-state index in [4.69, 9.17) is 0 Å². The van der Waals surface area contributed by atoms with Crippen molar-refractivity contribution in [1.29, 1.82) is 0 Å². The van der Waals surface area contributed by atoms with Gasteiger partial charge in [-0.25, -0.2) is 0 Å². The van der Waals surface area contributed by atoms with Gasteiger partial charge in [-0.3, -0.25) is 0 Å². The quantitative estimate of drug-likeness (QED) is 0.666. The first-order valence-electron chi connectivity index (χ1n) is 7.71. The minimum atomic E-state index is 0.448. The fourth-order valence-corrected chi connectivity index (χ4v) is 4.76. The first kappa shape index (κ1) is 14.4. The molecule has 1 aliphatic carbocycles. The minimum Gasteiger partial charge on any atom is -0.306 e. The van der Waals surface area contributed by atoms with E-state index in [1.54, 1.807) is 0 Å². The van der Waals surface area contributed by atoms with Crippen molar-refractivity contribution in [1.82, 2.24) is 4.90 Å². The van der Waals surface area contributed by atoms with Crippen LogP contribution in [0.5, 0.6) is 0 Å². The lowest BCUT2D eigenvalue weighted by molar-refractivity contribution is 0.0303. The Balaban J connectivity index is 2.20. The Morgan fingerprint density at radius 3 is 1.72 bits per heavy atom. The zero-order chi connectivity index (χ0) is 13.8. The predicted octanol–water partition coefficient (Wildman–Crippen LogP) is 4.43. The van der Waals surface area contributed by atoms with Gasteiger partial charge in [0.15, 0.2) is 0 Å². The summed E-state index contributed by atoms with van der Waals surface area (Å²) < 4.78 is 0. The summed E-state index contributed by atoms with van der Waals surface area (Å²) >= 11 is 0. The molecule has 2 unspecified atom stereocenters. The van der Waals surface area contributed by atoms with E-state index in [9.17, 15) is 0 Å². The first-order chi connectivity index (χ1) is 8.02. The summed E-state index contributed by atoms with van der Waals surface area (Å²) in [6.07, 6.45) is 4.31. The molecule has 0 aromatic rings. The monoisotopic (exact) mass is 251 g/mol. The molecule has 18 heavy (non-hydrogen) atoms. The molecule has 1 saturated carbocycles. The molecule has 1 aliphatic heterocycles. The van der Waals surface area contributed by atoms with E-state index in [1.165, 1.54) is 32.4 Å². The molecule has 1 saturated heterocycles. The predicted molar refractivity (Wildman–Crippen MR) is 79.7 cm³/mol. The van der Waals surface area contributed by atoms with Crippen molar-refractivity contribution in [2.24, 2.45) is 28.1 Å². The summed E-state index contributed by atoms with van der Waals surface area (Å²) in [7, 11) is 2.29. The second-order valence-electron chi connectivity index (χ2n) is 9.42. The van der Waals surface area contributed by atoms with Crippen molar-refractivity contribution in [3.63, 3.8) is 0 Å². The molecule has 1 nitrogen and oxygen atoms in total. The maximum absolute atomic E-state index is 2.54. The lowest BCUT2D eigenvalue weighted by Gasteiger charge is -2.47. The minimum absolute atomic E-state index is 0.448. The zero-order valence-corrected chi connectivity index (χ0v) is 13.6. The van der Waals surface area contributed by atoms with E-state index in [-0.39, 0.29) is 0 Å². The van der Waals surface area contributed by atoms with Gasteiger partial charge in [0.25, 0.3) is 0 Å². The maximum Gasteiger partial charge on any atom is 0.00101 e. The van der Waals surface area contributed by atoms with E-state index in [2.05, 4.69) is 53.5 Å². The SMILES string of the molecule is CN1CC2CC(CC(C)(C)C)(C(C)(C)C)CC2C1. The number of hydrogen-bond acceptors (Lipinski definition) is 1. The van der Waals surface area contributed by atoms with E-state index < -0.39 is 0 Å². The number of likely N-dealkylation sites (tertiary alicyclic amines) is 1. The molecule has 0 bridgehead atoms. The molecule has 0 aromatic heterocycles. The van der Waals surface area contributed by atoms with E-state index in [0.29, 0.717) is 16.2 Å². The van der Waals surface area contributed by atoms with Gasteiger partial charge in [0.1, 0.15) is 0 Å². The summed E-state index contributed by atoms with van der Waals surface area (Å²) in [4.78, 5) is 2.54. The van der Waals surface area contributed by atoms with Crippen LogP contribution in [0.25, 0.3) is 0 Å². The molecule has 0 aromatic carbocycles. The van der Waals surface area contributed by atoms with Crippen molar-refractivity contribution in [3.05, 3.63) is 0 Å². The fraction of sp³-hybridized carbons (Fsp3) is 1.00. The van der Waals surface area contributed by atoms with Gasteiger partial charge in [0, 0.05) is 13.1 Å². The number of hydrogen-bond donors (Lipinski definition) is 0. The summed E-state index contributed by atoms with van der Waals surface area (Å²) in [6, 6.07) is 0. The number of fused-ring (bicyclic) bond motifs is 1. The van der Waals surface area contributed by atoms with E-state index >= 15 is 0 Å². The van der Waals surface area contributed by atoms with Crippen LogP contribution in [0.3, 0.4) is 0 Å². The van der Waals surface area contributed by atoms with Crippen molar-refractivity contribution in [2.45, 2.75) is 60.8 Å². The standard InChI is InChI=1S/C17H33N/c1-15(2,3)12-17(16(4,5)6)8-13-10-18(7)11-14(13)9-17/h13-14H,8-12H2,1-7H3. The van der Waals surface area contributed by atoms with Crippen LogP contribution in [0.2, 0.25) is 0 Å². The zero-order valence-electron chi connectivity index (χ0n) is 13.6. The van der Waals surface area contributed by atoms with Crippen LogP contribution in [0.1, 0.15) is 60.8 Å². The van der Waals surface area contributed by atoms with Crippen LogP contribution < -0.4 is 0 Å². The normalized spacial score (nSPS) is 38.2. The Morgan fingerprint density at radius 1 is 0.944 bits per heavy atom. The van der Waals surface area contributed by atoms with Gasteiger partial charge < -0.3 is 4.90 Å². The van der Waals surface area contributed by atoms with Gasteiger partial charge >= 0.3 is 0 Å². The largest absolute Gasteiger partial charge is 0.306 e. The molecule has 106 valence electrons. The Bertz CT molecular complexity index is 291. The lowest BCUT2D eigenvalue weighted by Crippen LogP contribution is -2.38. The molecule has 1 heterocycles. The molecular weight excluding hydrogens is 218 g/mol. The summed E-state index contributed by atoms with van der Waals surface area (Å²) in [5.41, 5.74) is 1.48.